The third-order valence-corrected chi connectivity index (χ3v) is 6.28. The van der Waals surface area contributed by atoms with Crippen molar-refractivity contribution in [2.45, 2.75) is 13.8 Å². The smallest absolute Gasteiger partial charge is 0.259 e. The van der Waals surface area contributed by atoms with E-state index >= 15 is 0 Å². The van der Waals surface area contributed by atoms with Gasteiger partial charge in [0.15, 0.2) is 0 Å². The minimum absolute atomic E-state index is 0.0605. The Bertz CT molecular complexity index is 1360. The van der Waals surface area contributed by atoms with E-state index in [1.165, 1.54) is 0 Å². The number of pyridine rings is 1. The molecule has 5 rings (SSSR count). The molecule has 8 nitrogen and oxygen atoms in total. The highest BCUT2D eigenvalue weighted by Crippen LogP contribution is 2.28. The number of aromatic nitrogens is 2. The number of nitrogens with one attached hydrogen (secondary N) is 1. The van der Waals surface area contributed by atoms with E-state index in [1.807, 2.05) is 79.4 Å². The van der Waals surface area contributed by atoms with E-state index in [0.29, 0.717) is 60.8 Å². The molecular weight excluding hydrogens is 442 g/mol. The molecule has 1 saturated heterocycles. The van der Waals surface area contributed by atoms with Gasteiger partial charge in [-0.2, -0.15) is 0 Å². The van der Waals surface area contributed by atoms with Crippen LogP contribution in [-0.2, 0) is 4.79 Å². The van der Waals surface area contributed by atoms with Crippen molar-refractivity contribution in [2.24, 2.45) is 0 Å². The fourth-order valence-corrected chi connectivity index (χ4v) is 4.34. The van der Waals surface area contributed by atoms with Gasteiger partial charge in [-0.1, -0.05) is 53.2 Å². The largest absolute Gasteiger partial charge is 0.336 e. The molecule has 0 saturated carbocycles. The molecule has 2 aromatic heterocycles. The molecule has 2 aromatic carbocycles. The number of hydrogen-bond donors (Lipinski definition) is 1. The van der Waals surface area contributed by atoms with Crippen LogP contribution in [0.25, 0.3) is 22.4 Å². The van der Waals surface area contributed by atoms with Crippen molar-refractivity contribution in [3.05, 3.63) is 77.5 Å². The molecule has 8 heteroatoms. The van der Waals surface area contributed by atoms with Gasteiger partial charge in [0.25, 0.3) is 11.6 Å². The summed E-state index contributed by atoms with van der Waals surface area (Å²) in [6, 6.07) is 19.2. The van der Waals surface area contributed by atoms with E-state index in [2.05, 4.69) is 20.4 Å². The van der Waals surface area contributed by atoms with Gasteiger partial charge in [-0.25, -0.2) is 4.98 Å². The zero-order chi connectivity index (χ0) is 24.4. The Morgan fingerprint density at radius 1 is 0.971 bits per heavy atom. The number of para-hydroxylation sites is 1. The molecule has 178 valence electrons. The number of hydrogen-bond acceptors (Lipinski definition) is 6. The number of amides is 2. The van der Waals surface area contributed by atoms with Crippen LogP contribution in [-0.4, -0.2) is 64.5 Å². The minimum atomic E-state index is -0.0783. The van der Waals surface area contributed by atoms with Crippen LogP contribution in [0.5, 0.6) is 0 Å². The van der Waals surface area contributed by atoms with Crippen LogP contribution < -0.4 is 5.32 Å². The molecular formula is C27H27N5O3. The van der Waals surface area contributed by atoms with Crippen molar-refractivity contribution in [3.63, 3.8) is 0 Å². The summed E-state index contributed by atoms with van der Waals surface area (Å²) in [5.74, 6) is -0.139. The molecule has 0 aliphatic carbocycles. The van der Waals surface area contributed by atoms with Crippen molar-refractivity contribution in [1.29, 1.82) is 0 Å². The standard InChI is InChI=1S/C27H27N5O3/c1-18-8-10-20(11-9-18)23-16-22(25-19(2)30-35-26(25)29-23)27(34)32-14-12-31(13-15-32)17-24(33)28-21-6-4-3-5-7-21/h3-11,16H,12-15,17H2,1-2H3,(H,28,33). The lowest BCUT2D eigenvalue weighted by molar-refractivity contribution is -0.117. The normalized spacial score (nSPS) is 14.3. The summed E-state index contributed by atoms with van der Waals surface area (Å²) in [5, 5.41) is 7.61. The van der Waals surface area contributed by atoms with Crippen molar-refractivity contribution >= 4 is 28.6 Å². The van der Waals surface area contributed by atoms with Crippen LogP contribution in [0.1, 0.15) is 21.6 Å². The molecule has 1 aliphatic rings. The van der Waals surface area contributed by atoms with Gasteiger partial charge in [0, 0.05) is 37.4 Å². The van der Waals surface area contributed by atoms with Crippen LogP contribution in [0.4, 0.5) is 5.69 Å². The lowest BCUT2D eigenvalue weighted by atomic mass is 10.0. The predicted molar refractivity (Wildman–Crippen MR) is 134 cm³/mol. The second-order valence-corrected chi connectivity index (χ2v) is 8.85. The van der Waals surface area contributed by atoms with E-state index < -0.39 is 0 Å². The Kier molecular flexibility index (Phi) is 6.29. The number of nitrogens with zero attached hydrogens (tertiary/aromatic N) is 4. The third kappa shape index (κ3) is 4.93. The number of fused-ring (bicyclic) bond motifs is 1. The van der Waals surface area contributed by atoms with Crippen molar-refractivity contribution in [2.75, 3.05) is 38.0 Å². The van der Waals surface area contributed by atoms with Gasteiger partial charge in [-0.3, -0.25) is 14.5 Å². The van der Waals surface area contributed by atoms with Crippen LogP contribution in [0.15, 0.2) is 65.2 Å². The first-order valence-corrected chi connectivity index (χ1v) is 11.7. The van der Waals surface area contributed by atoms with E-state index in [0.717, 1.165) is 16.8 Å². The Balaban J connectivity index is 1.30. The van der Waals surface area contributed by atoms with Gasteiger partial charge >= 0.3 is 0 Å². The zero-order valence-electron chi connectivity index (χ0n) is 19.8. The number of carbonyl (C=O) groups is 2. The maximum absolute atomic E-state index is 13.6. The average molecular weight is 470 g/mol. The number of anilines is 1. The summed E-state index contributed by atoms with van der Waals surface area (Å²) in [6.07, 6.45) is 0. The van der Waals surface area contributed by atoms with Gasteiger partial charge in [0.2, 0.25) is 5.91 Å². The molecule has 1 aliphatic heterocycles. The van der Waals surface area contributed by atoms with Gasteiger partial charge in [0.1, 0.15) is 0 Å². The topological polar surface area (TPSA) is 91.6 Å². The number of aryl methyl sites for hydroxylation is 2. The third-order valence-electron chi connectivity index (χ3n) is 6.28. The van der Waals surface area contributed by atoms with Crippen LogP contribution in [0.3, 0.4) is 0 Å². The fourth-order valence-electron chi connectivity index (χ4n) is 4.34. The summed E-state index contributed by atoms with van der Waals surface area (Å²) >= 11 is 0. The maximum atomic E-state index is 13.6. The Morgan fingerprint density at radius 2 is 1.69 bits per heavy atom. The summed E-state index contributed by atoms with van der Waals surface area (Å²) < 4.78 is 5.44. The van der Waals surface area contributed by atoms with E-state index in [-0.39, 0.29) is 11.8 Å². The highest BCUT2D eigenvalue weighted by molar-refractivity contribution is 6.07. The van der Waals surface area contributed by atoms with Crippen molar-refractivity contribution < 1.29 is 14.1 Å². The first-order valence-electron chi connectivity index (χ1n) is 11.7. The average Bonchev–Trinajstić information content (AvgIpc) is 3.25. The SMILES string of the molecule is Cc1ccc(-c2cc(C(=O)N3CCN(CC(=O)Nc4ccccc4)CC3)c3c(C)noc3n2)cc1. The molecule has 1 fully saturated rings. The second-order valence-electron chi connectivity index (χ2n) is 8.85. The quantitative estimate of drug-likeness (QED) is 0.477. The molecule has 3 heterocycles. The van der Waals surface area contributed by atoms with Crippen LogP contribution in [0.2, 0.25) is 0 Å². The Hall–Kier alpha value is -4.04. The maximum Gasteiger partial charge on any atom is 0.259 e. The van der Waals surface area contributed by atoms with Crippen molar-refractivity contribution in [1.82, 2.24) is 19.9 Å². The van der Waals surface area contributed by atoms with Crippen LogP contribution in [0, 0.1) is 13.8 Å². The molecule has 0 unspecified atom stereocenters. The predicted octanol–water partition coefficient (Wildman–Crippen LogP) is 3.90. The van der Waals surface area contributed by atoms with E-state index in [1.54, 1.807) is 0 Å². The molecule has 1 N–H and O–H groups in total. The van der Waals surface area contributed by atoms with Crippen molar-refractivity contribution in [3.8, 4) is 11.3 Å². The number of rotatable bonds is 5. The number of piperazine rings is 1. The summed E-state index contributed by atoms with van der Waals surface area (Å²) in [4.78, 5) is 34.5. The van der Waals surface area contributed by atoms with Gasteiger partial charge in [0.05, 0.1) is 28.9 Å². The van der Waals surface area contributed by atoms with E-state index in [9.17, 15) is 9.59 Å². The summed E-state index contributed by atoms with van der Waals surface area (Å²) in [5.41, 5.74) is 5.06. The minimum Gasteiger partial charge on any atom is -0.336 e. The fraction of sp³-hybridized carbons (Fsp3) is 0.259. The Labute approximate surface area is 203 Å². The Morgan fingerprint density at radius 3 is 2.40 bits per heavy atom. The lowest BCUT2D eigenvalue weighted by Gasteiger charge is -2.34. The molecule has 35 heavy (non-hydrogen) atoms. The monoisotopic (exact) mass is 469 g/mol. The van der Waals surface area contributed by atoms with Gasteiger partial charge in [-0.05, 0) is 32.0 Å². The molecule has 0 bridgehead atoms. The molecule has 4 aromatic rings. The highest BCUT2D eigenvalue weighted by Gasteiger charge is 2.27. The zero-order valence-corrected chi connectivity index (χ0v) is 19.8. The lowest BCUT2D eigenvalue weighted by Crippen LogP contribution is -2.50. The molecule has 0 spiro atoms. The molecule has 0 radical (unpaired) electrons. The summed E-state index contributed by atoms with van der Waals surface area (Å²) in [7, 11) is 0. The summed E-state index contributed by atoms with van der Waals surface area (Å²) in [6.45, 7) is 6.44. The van der Waals surface area contributed by atoms with Crippen LogP contribution >= 0.6 is 0 Å². The number of benzene rings is 2. The highest BCUT2D eigenvalue weighted by atomic mass is 16.5. The number of carbonyl (C=O) groups excluding carboxylic acids is 2. The van der Waals surface area contributed by atoms with E-state index in [4.69, 9.17) is 4.52 Å². The van der Waals surface area contributed by atoms with Gasteiger partial charge < -0.3 is 14.7 Å². The van der Waals surface area contributed by atoms with Gasteiger partial charge in [-0.15, -0.1) is 0 Å². The first-order chi connectivity index (χ1) is 17.0. The molecule has 2 amide bonds. The first kappa shape index (κ1) is 22.7. The molecule has 0 atom stereocenters. The second kappa shape index (κ2) is 9.68.